The van der Waals surface area contributed by atoms with Gasteiger partial charge in [-0.05, 0) is 38.1 Å². The van der Waals surface area contributed by atoms with E-state index < -0.39 is 10.0 Å². The molecule has 2 rings (SSSR count). The molecule has 1 aromatic heterocycles. The molecule has 8 heteroatoms. The van der Waals surface area contributed by atoms with Crippen LogP contribution < -0.4 is 5.32 Å². The van der Waals surface area contributed by atoms with Crippen LogP contribution in [0.2, 0.25) is 0 Å². The SMILES string of the molecule is CN(CC(=O)NCC(c1ccco1)N1CCCC1)S(C)(=O)=O. The van der Waals surface area contributed by atoms with Crippen LogP contribution in [0.5, 0.6) is 0 Å². The van der Waals surface area contributed by atoms with Crippen LogP contribution in [0.4, 0.5) is 0 Å². The van der Waals surface area contributed by atoms with Crippen molar-refractivity contribution in [3.63, 3.8) is 0 Å². The molecular formula is C14H23N3O4S. The molecule has 0 bridgehead atoms. The topological polar surface area (TPSA) is 82.9 Å². The summed E-state index contributed by atoms with van der Waals surface area (Å²) in [6, 6.07) is 3.72. The highest BCUT2D eigenvalue weighted by atomic mass is 32.2. The molecule has 1 aromatic rings. The normalized spacial score (nSPS) is 17.8. The molecule has 1 amide bonds. The average Bonchev–Trinajstić information content (AvgIpc) is 3.10. The minimum Gasteiger partial charge on any atom is -0.468 e. The summed E-state index contributed by atoms with van der Waals surface area (Å²) in [5.41, 5.74) is 0. The fourth-order valence-electron chi connectivity index (χ4n) is 2.53. The molecule has 0 spiro atoms. The predicted octanol–water partition coefficient (Wildman–Crippen LogP) is 0.424. The van der Waals surface area contributed by atoms with Gasteiger partial charge in [0, 0.05) is 13.6 Å². The summed E-state index contributed by atoms with van der Waals surface area (Å²) < 4.78 is 29.2. The molecule has 1 N–H and O–H groups in total. The molecule has 22 heavy (non-hydrogen) atoms. The lowest BCUT2D eigenvalue weighted by atomic mass is 10.2. The number of rotatable bonds is 7. The van der Waals surface area contributed by atoms with Gasteiger partial charge in [0.25, 0.3) is 0 Å². The zero-order valence-electron chi connectivity index (χ0n) is 13.0. The second-order valence-corrected chi connectivity index (χ2v) is 7.69. The number of carbonyl (C=O) groups is 1. The Morgan fingerprint density at radius 3 is 2.68 bits per heavy atom. The van der Waals surface area contributed by atoms with E-state index in [9.17, 15) is 13.2 Å². The number of sulfonamides is 1. The van der Waals surface area contributed by atoms with Gasteiger partial charge in [0.05, 0.1) is 25.1 Å². The maximum Gasteiger partial charge on any atom is 0.235 e. The zero-order chi connectivity index (χ0) is 16.2. The molecule has 1 saturated heterocycles. The van der Waals surface area contributed by atoms with Gasteiger partial charge in [-0.2, -0.15) is 4.31 Å². The number of furan rings is 1. The Labute approximate surface area is 131 Å². The molecule has 1 aliphatic rings. The van der Waals surface area contributed by atoms with E-state index in [1.54, 1.807) is 6.26 Å². The summed E-state index contributed by atoms with van der Waals surface area (Å²) in [7, 11) is -1.96. The third-order valence-corrected chi connectivity index (χ3v) is 5.14. The van der Waals surface area contributed by atoms with Crippen molar-refractivity contribution in [3.8, 4) is 0 Å². The molecule has 0 aromatic carbocycles. The number of hydrogen-bond acceptors (Lipinski definition) is 5. The van der Waals surface area contributed by atoms with E-state index in [4.69, 9.17) is 4.42 Å². The Balaban J connectivity index is 1.92. The standard InChI is InChI=1S/C14H23N3O4S/c1-16(22(2,19)20)11-14(18)15-10-12(13-6-5-9-21-13)17-7-3-4-8-17/h5-6,9,12H,3-4,7-8,10-11H2,1-2H3,(H,15,18). The minimum absolute atomic E-state index is 0.00927. The van der Waals surface area contributed by atoms with Crippen LogP contribution in [0.25, 0.3) is 0 Å². The summed E-state index contributed by atoms with van der Waals surface area (Å²) in [6.07, 6.45) is 4.98. The number of nitrogens with one attached hydrogen (secondary N) is 1. The van der Waals surface area contributed by atoms with Gasteiger partial charge in [0.2, 0.25) is 15.9 Å². The van der Waals surface area contributed by atoms with Crippen LogP contribution in [-0.2, 0) is 14.8 Å². The fraction of sp³-hybridized carbons (Fsp3) is 0.643. The van der Waals surface area contributed by atoms with Crippen molar-refractivity contribution in [3.05, 3.63) is 24.2 Å². The fourth-order valence-corrected chi connectivity index (χ4v) is 2.88. The lowest BCUT2D eigenvalue weighted by Gasteiger charge is -2.26. The van der Waals surface area contributed by atoms with Gasteiger partial charge in [-0.25, -0.2) is 8.42 Å². The van der Waals surface area contributed by atoms with Gasteiger partial charge in [-0.1, -0.05) is 0 Å². The van der Waals surface area contributed by atoms with Crippen molar-refractivity contribution in [2.24, 2.45) is 0 Å². The van der Waals surface area contributed by atoms with Crippen molar-refractivity contribution in [2.45, 2.75) is 18.9 Å². The highest BCUT2D eigenvalue weighted by Gasteiger charge is 2.26. The molecule has 1 atom stereocenters. The molecule has 1 unspecified atom stereocenters. The van der Waals surface area contributed by atoms with Crippen molar-refractivity contribution in [1.29, 1.82) is 0 Å². The first-order chi connectivity index (χ1) is 10.4. The number of amides is 1. The van der Waals surface area contributed by atoms with Crippen LogP contribution in [0.3, 0.4) is 0 Å². The highest BCUT2D eigenvalue weighted by molar-refractivity contribution is 7.88. The van der Waals surface area contributed by atoms with E-state index in [1.807, 2.05) is 12.1 Å². The number of likely N-dealkylation sites (tertiary alicyclic amines) is 1. The number of carbonyl (C=O) groups excluding carboxylic acids is 1. The van der Waals surface area contributed by atoms with Crippen LogP contribution in [0.1, 0.15) is 24.6 Å². The number of hydrogen-bond donors (Lipinski definition) is 1. The van der Waals surface area contributed by atoms with Gasteiger partial charge < -0.3 is 9.73 Å². The van der Waals surface area contributed by atoms with Gasteiger partial charge >= 0.3 is 0 Å². The maximum absolute atomic E-state index is 11.9. The zero-order valence-corrected chi connectivity index (χ0v) is 13.8. The summed E-state index contributed by atoms with van der Waals surface area (Å²) >= 11 is 0. The molecule has 2 heterocycles. The van der Waals surface area contributed by atoms with Crippen LogP contribution in [0, 0.1) is 0 Å². The summed E-state index contributed by atoms with van der Waals surface area (Å²) in [4.78, 5) is 14.2. The van der Waals surface area contributed by atoms with Crippen molar-refractivity contribution >= 4 is 15.9 Å². The second kappa shape index (κ2) is 7.26. The minimum atomic E-state index is -3.35. The molecule has 124 valence electrons. The summed E-state index contributed by atoms with van der Waals surface area (Å²) in [5, 5.41) is 2.80. The smallest absolute Gasteiger partial charge is 0.235 e. The van der Waals surface area contributed by atoms with Crippen LogP contribution in [-0.4, -0.2) is 63.0 Å². The Kier molecular flexibility index (Phi) is 5.60. The first-order valence-electron chi connectivity index (χ1n) is 7.33. The Morgan fingerprint density at radius 1 is 1.45 bits per heavy atom. The molecule has 0 radical (unpaired) electrons. The van der Waals surface area contributed by atoms with Crippen LogP contribution >= 0.6 is 0 Å². The largest absolute Gasteiger partial charge is 0.468 e. The Morgan fingerprint density at radius 2 is 2.14 bits per heavy atom. The van der Waals surface area contributed by atoms with E-state index in [2.05, 4.69) is 10.2 Å². The summed E-state index contributed by atoms with van der Waals surface area (Å²) in [6.45, 7) is 2.18. The lowest BCUT2D eigenvalue weighted by molar-refractivity contribution is -0.121. The molecule has 1 fully saturated rings. The highest BCUT2D eigenvalue weighted by Crippen LogP contribution is 2.24. The summed E-state index contributed by atoms with van der Waals surface area (Å²) in [5.74, 6) is 0.502. The van der Waals surface area contributed by atoms with E-state index in [0.29, 0.717) is 6.54 Å². The van der Waals surface area contributed by atoms with Gasteiger partial charge in [0.15, 0.2) is 0 Å². The lowest BCUT2D eigenvalue weighted by Crippen LogP contribution is -2.41. The first-order valence-corrected chi connectivity index (χ1v) is 9.18. The second-order valence-electron chi connectivity index (χ2n) is 5.60. The van der Waals surface area contributed by atoms with E-state index in [1.165, 1.54) is 7.05 Å². The quantitative estimate of drug-likeness (QED) is 0.784. The first kappa shape index (κ1) is 17.0. The molecule has 7 nitrogen and oxygen atoms in total. The molecular weight excluding hydrogens is 306 g/mol. The van der Waals surface area contributed by atoms with Gasteiger partial charge in [-0.15, -0.1) is 0 Å². The Bertz CT molecular complexity index is 579. The third-order valence-electron chi connectivity index (χ3n) is 3.88. The average molecular weight is 329 g/mol. The predicted molar refractivity (Wildman–Crippen MR) is 82.7 cm³/mol. The van der Waals surface area contributed by atoms with Crippen molar-refractivity contribution < 1.29 is 17.6 Å². The molecule has 0 saturated carbocycles. The van der Waals surface area contributed by atoms with Crippen LogP contribution in [0.15, 0.2) is 22.8 Å². The van der Waals surface area contributed by atoms with Gasteiger partial charge in [-0.3, -0.25) is 9.69 Å². The van der Waals surface area contributed by atoms with Crippen molar-refractivity contribution in [1.82, 2.24) is 14.5 Å². The number of nitrogens with zero attached hydrogens (tertiary/aromatic N) is 2. The number of likely N-dealkylation sites (N-methyl/N-ethyl adjacent to an activating group) is 1. The van der Waals surface area contributed by atoms with E-state index in [-0.39, 0.29) is 18.5 Å². The third kappa shape index (κ3) is 4.56. The monoisotopic (exact) mass is 329 g/mol. The maximum atomic E-state index is 11.9. The van der Waals surface area contributed by atoms with E-state index >= 15 is 0 Å². The van der Waals surface area contributed by atoms with Crippen molar-refractivity contribution in [2.75, 3.05) is 39.5 Å². The van der Waals surface area contributed by atoms with Gasteiger partial charge in [0.1, 0.15) is 5.76 Å². The van der Waals surface area contributed by atoms with E-state index in [0.717, 1.165) is 42.3 Å². The molecule has 1 aliphatic heterocycles. The molecule has 0 aliphatic carbocycles. The Hall–Kier alpha value is -1.38.